The quantitative estimate of drug-likeness (QED) is 0.690. The van der Waals surface area contributed by atoms with Gasteiger partial charge < -0.3 is 4.74 Å². The summed E-state index contributed by atoms with van der Waals surface area (Å²) in [6.45, 7) is 3.70. The smallest absolute Gasteiger partial charge is 0.243 e. The first-order valence-corrected chi connectivity index (χ1v) is 10.4. The number of ketones is 1. The van der Waals surface area contributed by atoms with E-state index < -0.39 is 15.8 Å². The number of hydrogen-bond acceptors (Lipinski definition) is 5. The fourth-order valence-electron chi connectivity index (χ4n) is 3.22. The van der Waals surface area contributed by atoms with E-state index in [-0.39, 0.29) is 16.4 Å². The van der Waals surface area contributed by atoms with Crippen molar-refractivity contribution in [2.24, 2.45) is 0 Å². The van der Waals surface area contributed by atoms with E-state index in [9.17, 15) is 17.6 Å². The lowest BCUT2D eigenvalue weighted by molar-refractivity contribution is 0.101. The molecule has 0 unspecified atom stereocenters. The molecule has 1 fully saturated rings. The summed E-state index contributed by atoms with van der Waals surface area (Å²) in [4.78, 5) is 13.7. The topological polar surface area (TPSA) is 66.9 Å². The van der Waals surface area contributed by atoms with Crippen LogP contribution >= 0.6 is 0 Å². The van der Waals surface area contributed by atoms with Gasteiger partial charge in [0.1, 0.15) is 0 Å². The molecule has 28 heavy (non-hydrogen) atoms. The zero-order chi connectivity index (χ0) is 20.3. The lowest BCUT2D eigenvalue weighted by Crippen LogP contribution is -2.48. The van der Waals surface area contributed by atoms with Crippen LogP contribution in [0.25, 0.3) is 0 Å². The van der Waals surface area contributed by atoms with E-state index in [2.05, 4.69) is 4.90 Å². The number of Topliss-reactive ketones (excluding diaryl/α,β-unsaturated/α-hetero) is 1. The summed E-state index contributed by atoms with van der Waals surface area (Å²) in [5.41, 5.74) is 1.19. The first-order valence-electron chi connectivity index (χ1n) is 8.97. The third-order valence-corrected chi connectivity index (χ3v) is 6.73. The Bertz CT molecular complexity index is 970. The summed E-state index contributed by atoms with van der Waals surface area (Å²) in [5.74, 6) is -0.382. The van der Waals surface area contributed by atoms with Crippen LogP contribution in [0.1, 0.15) is 22.8 Å². The summed E-state index contributed by atoms with van der Waals surface area (Å²) in [6.07, 6.45) is 0. The molecule has 0 aliphatic carbocycles. The molecule has 0 radical (unpaired) electrons. The Morgan fingerprint density at radius 2 is 1.82 bits per heavy atom. The van der Waals surface area contributed by atoms with Crippen LogP contribution in [0.3, 0.4) is 0 Å². The Kier molecular flexibility index (Phi) is 6.12. The van der Waals surface area contributed by atoms with E-state index in [4.69, 9.17) is 4.74 Å². The molecule has 0 N–H and O–H groups in total. The molecule has 1 heterocycles. The van der Waals surface area contributed by atoms with E-state index in [1.54, 1.807) is 24.3 Å². The highest BCUT2D eigenvalue weighted by molar-refractivity contribution is 7.89. The molecule has 8 heteroatoms. The van der Waals surface area contributed by atoms with E-state index in [0.717, 1.165) is 5.56 Å². The maximum Gasteiger partial charge on any atom is 0.243 e. The summed E-state index contributed by atoms with van der Waals surface area (Å²) in [5, 5.41) is 0. The van der Waals surface area contributed by atoms with Crippen LogP contribution in [0.4, 0.5) is 4.39 Å². The molecule has 2 aromatic rings. The van der Waals surface area contributed by atoms with Crippen molar-refractivity contribution in [1.29, 1.82) is 0 Å². The maximum absolute atomic E-state index is 13.8. The molecule has 150 valence electrons. The largest absolute Gasteiger partial charge is 0.494 e. The molecule has 6 nitrogen and oxygen atoms in total. The van der Waals surface area contributed by atoms with Gasteiger partial charge in [0.25, 0.3) is 0 Å². The molecular formula is C20H23FN2O4S. The number of methoxy groups -OCH3 is 1. The van der Waals surface area contributed by atoms with E-state index in [1.165, 1.54) is 36.5 Å². The van der Waals surface area contributed by atoms with Crippen LogP contribution in [0.5, 0.6) is 5.75 Å². The van der Waals surface area contributed by atoms with Crippen LogP contribution in [0.2, 0.25) is 0 Å². The van der Waals surface area contributed by atoms with Crippen LogP contribution in [-0.4, -0.2) is 56.7 Å². The number of rotatable bonds is 6. The van der Waals surface area contributed by atoms with Crippen LogP contribution in [0.15, 0.2) is 47.4 Å². The Balaban J connectivity index is 1.65. The van der Waals surface area contributed by atoms with Gasteiger partial charge in [-0.2, -0.15) is 4.31 Å². The summed E-state index contributed by atoms with van der Waals surface area (Å²) < 4.78 is 45.9. The Hall–Kier alpha value is -2.29. The summed E-state index contributed by atoms with van der Waals surface area (Å²) in [6, 6.07) is 10.9. The molecule has 1 aliphatic heterocycles. The Morgan fingerprint density at radius 3 is 2.43 bits per heavy atom. The predicted molar refractivity (Wildman–Crippen MR) is 103 cm³/mol. The van der Waals surface area contributed by atoms with E-state index in [0.29, 0.717) is 38.3 Å². The second kappa shape index (κ2) is 8.38. The number of sulfonamides is 1. The predicted octanol–water partition coefficient (Wildman–Crippen LogP) is 2.54. The van der Waals surface area contributed by atoms with Gasteiger partial charge in [0, 0.05) is 38.3 Å². The van der Waals surface area contributed by atoms with Crippen molar-refractivity contribution in [3.05, 3.63) is 59.4 Å². The average molecular weight is 406 g/mol. The van der Waals surface area contributed by atoms with Gasteiger partial charge in [0.05, 0.1) is 12.0 Å². The minimum absolute atomic E-state index is 0.130. The van der Waals surface area contributed by atoms with E-state index in [1.807, 2.05) is 0 Å². The van der Waals surface area contributed by atoms with Gasteiger partial charge in [0.2, 0.25) is 10.0 Å². The normalized spacial score (nSPS) is 16.1. The van der Waals surface area contributed by atoms with Gasteiger partial charge in [-0.15, -0.1) is 0 Å². The number of piperazine rings is 1. The second-order valence-corrected chi connectivity index (χ2v) is 8.67. The van der Waals surface area contributed by atoms with Crippen molar-refractivity contribution in [2.75, 3.05) is 33.3 Å². The Labute approximate surface area is 164 Å². The molecule has 3 rings (SSSR count). The van der Waals surface area contributed by atoms with Gasteiger partial charge >= 0.3 is 0 Å². The number of carbonyl (C=O) groups excluding carboxylic acids is 1. The van der Waals surface area contributed by atoms with Crippen molar-refractivity contribution in [1.82, 2.24) is 9.21 Å². The van der Waals surface area contributed by atoms with Gasteiger partial charge in [-0.1, -0.05) is 18.2 Å². The molecule has 0 bridgehead atoms. The number of benzene rings is 2. The molecule has 0 amide bonds. The third-order valence-electron chi connectivity index (χ3n) is 4.83. The highest BCUT2D eigenvalue weighted by atomic mass is 32.2. The van der Waals surface area contributed by atoms with E-state index >= 15 is 0 Å². The van der Waals surface area contributed by atoms with Gasteiger partial charge in [-0.3, -0.25) is 9.69 Å². The molecule has 1 saturated heterocycles. The molecule has 0 aromatic heterocycles. The molecule has 2 aromatic carbocycles. The van der Waals surface area contributed by atoms with Gasteiger partial charge in [-0.05, 0) is 36.8 Å². The van der Waals surface area contributed by atoms with Crippen LogP contribution in [-0.2, 0) is 16.6 Å². The van der Waals surface area contributed by atoms with Crippen molar-refractivity contribution in [2.45, 2.75) is 18.4 Å². The summed E-state index contributed by atoms with van der Waals surface area (Å²) in [7, 11) is -2.23. The first kappa shape index (κ1) is 20.4. The van der Waals surface area contributed by atoms with Gasteiger partial charge in [0.15, 0.2) is 17.3 Å². The average Bonchev–Trinajstić information content (AvgIpc) is 2.68. The SMILES string of the molecule is COc1ccc(CN2CCN(S(=O)(=O)c3cccc(C(C)=O)c3)CC2)cc1F. The fourth-order valence-corrected chi connectivity index (χ4v) is 4.69. The lowest BCUT2D eigenvalue weighted by atomic mass is 10.2. The third kappa shape index (κ3) is 4.40. The monoisotopic (exact) mass is 406 g/mol. The van der Waals surface area contributed by atoms with Crippen molar-refractivity contribution in [3.63, 3.8) is 0 Å². The van der Waals surface area contributed by atoms with Crippen molar-refractivity contribution in [3.8, 4) is 5.75 Å². The molecule has 1 aliphatic rings. The standard InChI is InChI=1S/C20H23FN2O4S/c1-15(24)17-4-3-5-18(13-17)28(25,26)23-10-8-22(9-11-23)14-16-6-7-20(27-2)19(21)12-16/h3-7,12-13H,8-11,14H2,1-2H3. The summed E-state index contributed by atoms with van der Waals surface area (Å²) >= 11 is 0. The van der Waals surface area contributed by atoms with Gasteiger partial charge in [-0.25, -0.2) is 12.8 Å². The second-order valence-electron chi connectivity index (χ2n) is 6.73. The highest BCUT2D eigenvalue weighted by Gasteiger charge is 2.28. The minimum Gasteiger partial charge on any atom is -0.494 e. The number of carbonyl (C=O) groups is 1. The lowest BCUT2D eigenvalue weighted by Gasteiger charge is -2.34. The maximum atomic E-state index is 13.8. The number of nitrogens with zero attached hydrogens (tertiary/aromatic N) is 2. The van der Waals surface area contributed by atoms with Crippen LogP contribution in [0, 0.1) is 5.82 Å². The zero-order valence-corrected chi connectivity index (χ0v) is 16.7. The van der Waals surface area contributed by atoms with Crippen LogP contribution < -0.4 is 4.74 Å². The number of halogens is 1. The molecule has 0 spiro atoms. The first-order chi connectivity index (χ1) is 13.3. The fraction of sp³-hybridized carbons (Fsp3) is 0.350. The number of ether oxygens (including phenoxy) is 1. The zero-order valence-electron chi connectivity index (χ0n) is 15.9. The molecule has 0 atom stereocenters. The Morgan fingerprint density at radius 1 is 1.11 bits per heavy atom. The minimum atomic E-state index is -3.65. The molecular weight excluding hydrogens is 383 g/mol. The van der Waals surface area contributed by atoms with Crippen molar-refractivity contribution < 1.29 is 22.3 Å². The number of hydrogen-bond donors (Lipinski definition) is 0. The highest BCUT2D eigenvalue weighted by Crippen LogP contribution is 2.22. The molecule has 0 saturated carbocycles. The van der Waals surface area contributed by atoms with Crippen molar-refractivity contribution >= 4 is 15.8 Å².